The third kappa shape index (κ3) is 13.4. The van der Waals surface area contributed by atoms with Crippen molar-refractivity contribution in [1.29, 1.82) is 0 Å². The topological polar surface area (TPSA) is 113 Å². The van der Waals surface area contributed by atoms with Gasteiger partial charge >= 0.3 is 5.97 Å². The van der Waals surface area contributed by atoms with Crippen LogP contribution in [0.15, 0.2) is 24.3 Å². The van der Waals surface area contributed by atoms with E-state index in [1.165, 1.54) is 24.3 Å². The average Bonchev–Trinajstić information content (AvgIpc) is 2.65. The van der Waals surface area contributed by atoms with Gasteiger partial charge in [0.1, 0.15) is 5.75 Å². The molecule has 1 aromatic carbocycles. The number of amides is 1. The summed E-state index contributed by atoms with van der Waals surface area (Å²) in [5.74, 6) is -0.229. The van der Waals surface area contributed by atoms with Crippen LogP contribution >= 0.6 is 0 Å². The largest absolute Gasteiger partial charge is 0.427 e. The maximum atomic E-state index is 11.7. The fraction of sp³-hybridized carbons (Fsp3) is 0.600. The van der Waals surface area contributed by atoms with E-state index in [1.54, 1.807) is 0 Å². The molecule has 2 N–H and O–H groups in total. The number of unbranched alkanes of at least 4 members (excludes halogenated alkanes) is 7. The Morgan fingerprint density at radius 2 is 1.33 bits per heavy atom. The zero-order chi connectivity index (χ0) is 20.5. The molecule has 0 spiro atoms. The van der Waals surface area contributed by atoms with E-state index < -0.39 is 4.92 Å². The van der Waals surface area contributed by atoms with E-state index >= 15 is 0 Å². The standard InChI is InChI=1S/C18H26N2O5.C2H6/c19-17(21)9-7-5-3-1-2-4-6-8-10-18(22)25-16-13-11-15(12-14-16)20(23)24;1-2/h11-14H,1-10H2,(H2,19,21);1-2H3. The summed E-state index contributed by atoms with van der Waals surface area (Å²) in [4.78, 5) is 32.3. The Morgan fingerprint density at radius 1 is 0.889 bits per heavy atom. The van der Waals surface area contributed by atoms with Crippen molar-refractivity contribution in [2.45, 2.75) is 78.1 Å². The van der Waals surface area contributed by atoms with Crippen molar-refractivity contribution in [1.82, 2.24) is 0 Å². The summed E-state index contributed by atoms with van der Waals surface area (Å²) in [6, 6.07) is 5.47. The van der Waals surface area contributed by atoms with Crippen LogP contribution in [0.5, 0.6) is 5.75 Å². The minimum Gasteiger partial charge on any atom is -0.427 e. The molecule has 1 aromatic rings. The van der Waals surface area contributed by atoms with Gasteiger partial charge in [-0.05, 0) is 25.0 Å². The minimum absolute atomic E-state index is 0.0329. The number of ether oxygens (including phenoxy) is 1. The Kier molecular flexibility index (Phi) is 14.4. The van der Waals surface area contributed by atoms with E-state index in [9.17, 15) is 19.7 Å². The van der Waals surface area contributed by atoms with Crippen LogP contribution in [0.1, 0.15) is 78.1 Å². The summed E-state index contributed by atoms with van der Waals surface area (Å²) in [5, 5.41) is 10.5. The number of nitro groups is 1. The number of benzene rings is 1. The van der Waals surface area contributed by atoms with Crippen molar-refractivity contribution >= 4 is 17.6 Å². The lowest BCUT2D eigenvalue weighted by molar-refractivity contribution is -0.384. The molecule has 0 aromatic heterocycles. The van der Waals surface area contributed by atoms with Crippen molar-refractivity contribution in [3.05, 3.63) is 34.4 Å². The van der Waals surface area contributed by atoms with E-state index in [4.69, 9.17) is 10.5 Å². The molecule has 0 aliphatic carbocycles. The van der Waals surface area contributed by atoms with E-state index in [0.717, 1.165) is 51.4 Å². The van der Waals surface area contributed by atoms with Gasteiger partial charge in [-0.25, -0.2) is 0 Å². The van der Waals surface area contributed by atoms with Crippen molar-refractivity contribution in [3.63, 3.8) is 0 Å². The SMILES string of the molecule is CC.NC(=O)CCCCCCCCCCC(=O)Oc1ccc([N+](=O)[O-])cc1. The van der Waals surface area contributed by atoms with Crippen LogP contribution < -0.4 is 10.5 Å². The van der Waals surface area contributed by atoms with Crippen molar-refractivity contribution in [2.75, 3.05) is 0 Å². The molecule has 7 nitrogen and oxygen atoms in total. The number of non-ortho nitro benzene ring substituents is 1. The van der Waals surface area contributed by atoms with Crippen LogP contribution in [0.4, 0.5) is 5.69 Å². The van der Waals surface area contributed by atoms with Crippen LogP contribution in [0.2, 0.25) is 0 Å². The van der Waals surface area contributed by atoms with Crippen LogP contribution in [0.3, 0.4) is 0 Å². The fourth-order valence-corrected chi connectivity index (χ4v) is 2.45. The normalized spacial score (nSPS) is 9.85. The first-order valence-electron chi connectivity index (χ1n) is 9.72. The molecule has 152 valence electrons. The number of primary amides is 1. The van der Waals surface area contributed by atoms with Gasteiger partial charge in [-0.2, -0.15) is 0 Å². The molecule has 0 saturated heterocycles. The molecular formula is C20H32N2O5. The van der Waals surface area contributed by atoms with Gasteiger partial charge < -0.3 is 10.5 Å². The maximum Gasteiger partial charge on any atom is 0.311 e. The molecule has 0 aliphatic rings. The van der Waals surface area contributed by atoms with Gasteiger partial charge in [-0.3, -0.25) is 19.7 Å². The van der Waals surface area contributed by atoms with Crippen molar-refractivity contribution in [2.24, 2.45) is 5.73 Å². The number of carbonyl (C=O) groups excluding carboxylic acids is 2. The number of hydrogen-bond acceptors (Lipinski definition) is 5. The maximum absolute atomic E-state index is 11.7. The smallest absolute Gasteiger partial charge is 0.311 e. The zero-order valence-corrected chi connectivity index (χ0v) is 16.4. The third-order valence-corrected chi connectivity index (χ3v) is 3.83. The Morgan fingerprint density at radius 3 is 1.78 bits per heavy atom. The molecule has 0 bridgehead atoms. The summed E-state index contributed by atoms with van der Waals surface area (Å²) < 4.78 is 5.14. The first kappa shape index (κ1) is 24.6. The molecule has 27 heavy (non-hydrogen) atoms. The van der Waals surface area contributed by atoms with Gasteiger partial charge in [0.25, 0.3) is 5.69 Å². The van der Waals surface area contributed by atoms with Crippen LogP contribution in [-0.2, 0) is 9.59 Å². The highest BCUT2D eigenvalue weighted by molar-refractivity contribution is 5.73. The molecule has 0 fully saturated rings. The number of hydrogen-bond donors (Lipinski definition) is 1. The minimum atomic E-state index is -0.497. The van der Waals surface area contributed by atoms with E-state index in [1.807, 2.05) is 13.8 Å². The number of rotatable bonds is 13. The molecule has 1 rings (SSSR count). The Balaban J connectivity index is 0.00000326. The highest BCUT2D eigenvalue weighted by Crippen LogP contribution is 2.18. The Bertz CT molecular complexity index is 558. The van der Waals surface area contributed by atoms with Gasteiger partial charge in [0.2, 0.25) is 5.91 Å². The van der Waals surface area contributed by atoms with Crippen molar-refractivity contribution < 1.29 is 19.2 Å². The van der Waals surface area contributed by atoms with E-state index in [-0.39, 0.29) is 17.6 Å². The number of nitro benzene ring substituents is 1. The predicted molar refractivity (Wildman–Crippen MR) is 105 cm³/mol. The Labute approximate surface area is 161 Å². The van der Waals surface area contributed by atoms with E-state index in [2.05, 4.69) is 0 Å². The lowest BCUT2D eigenvalue weighted by Crippen LogP contribution is -2.09. The molecule has 7 heteroatoms. The second kappa shape index (κ2) is 15.8. The molecule has 0 unspecified atom stereocenters. The predicted octanol–water partition coefficient (Wildman–Crippen LogP) is 4.91. The fourth-order valence-electron chi connectivity index (χ4n) is 2.45. The lowest BCUT2D eigenvalue weighted by atomic mass is 10.1. The van der Waals surface area contributed by atoms with Gasteiger partial charge in [0, 0.05) is 25.0 Å². The van der Waals surface area contributed by atoms with E-state index in [0.29, 0.717) is 18.6 Å². The zero-order valence-electron chi connectivity index (χ0n) is 16.4. The monoisotopic (exact) mass is 380 g/mol. The molecule has 0 saturated carbocycles. The summed E-state index contributed by atoms with van der Waals surface area (Å²) in [5.41, 5.74) is 5.04. The van der Waals surface area contributed by atoms with Gasteiger partial charge in [-0.15, -0.1) is 0 Å². The second-order valence-corrected chi connectivity index (χ2v) is 6.02. The first-order chi connectivity index (χ1) is 13.0. The van der Waals surface area contributed by atoms with Gasteiger partial charge in [0.15, 0.2) is 0 Å². The lowest BCUT2D eigenvalue weighted by Gasteiger charge is -2.04. The second-order valence-electron chi connectivity index (χ2n) is 6.02. The molecule has 0 aliphatic heterocycles. The van der Waals surface area contributed by atoms with Gasteiger partial charge in [0.05, 0.1) is 4.92 Å². The molecular weight excluding hydrogens is 348 g/mol. The summed E-state index contributed by atoms with van der Waals surface area (Å²) in [6.45, 7) is 4.00. The highest BCUT2D eigenvalue weighted by Gasteiger charge is 2.08. The molecule has 0 heterocycles. The Hall–Kier alpha value is -2.44. The molecule has 0 radical (unpaired) electrons. The number of nitrogens with two attached hydrogens (primary N) is 1. The van der Waals surface area contributed by atoms with Crippen LogP contribution in [-0.4, -0.2) is 16.8 Å². The number of esters is 1. The third-order valence-electron chi connectivity index (χ3n) is 3.83. The number of nitrogens with zero attached hydrogens (tertiary/aromatic N) is 1. The average molecular weight is 380 g/mol. The van der Waals surface area contributed by atoms with Crippen molar-refractivity contribution in [3.8, 4) is 5.75 Å². The summed E-state index contributed by atoms with van der Waals surface area (Å²) >= 11 is 0. The summed E-state index contributed by atoms with van der Waals surface area (Å²) in [7, 11) is 0. The van der Waals surface area contributed by atoms with Crippen LogP contribution in [0, 0.1) is 10.1 Å². The number of carbonyl (C=O) groups is 2. The molecule has 0 atom stereocenters. The van der Waals surface area contributed by atoms with Gasteiger partial charge in [-0.1, -0.05) is 52.4 Å². The van der Waals surface area contributed by atoms with Crippen LogP contribution in [0.25, 0.3) is 0 Å². The quantitative estimate of drug-likeness (QED) is 0.172. The molecule has 1 amide bonds. The summed E-state index contributed by atoms with van der Waals surface area (Å²) in [6.07, 6.45) is 8.88. The highest BCUT2D eigenvalue weighted by atomic mass is 16.6. The first-order valence-corrected chi connectivity index (χ1v) is 9.72.